The zero-order valence-electron chi connectivity index (χ0n) is 13.9. The molecule has 1 heterocycles. The molecule has 2 aromatic carbocycles. The molecule has 0 radical (unpaired) electrons. The number of para-hydroxylation sites is 1. The summed E-state index contributed by atoms with van der Waals surface area (Å²) in [7, 11) is 0. The van der Waals surface area contributed by atoms with Crippen molar-refractivity contribution in [2.24, 2.45) is 0 Å². The molecule has 0 aliphatic carbocycles. The lowest BCUT2D eigenvalue weighted by Gasteiger charge is -2.20. The van der Waals surface area contributed by atoms with Crippen LogP contribution in [-0.2, 0) is 5.41 Å². The van der Waals surface area contributed by atoms with Gasteiger partial charge in [-0.25, -0.2) is 9.97 Å². The Hall–Kier alpha value is -2.22. The maximum absolute atomic E-state index is 4.76. The zero-order valence-corrected chi connectivity index (χ0v) is 13.9. The molecule has 0 saturated carbocycles. The van der Waals surface area contributed by atoms with Gasteiger partial charge in [0.25, 0.3) is 0 Å². The molecule has 1 aromatic heterocycles. The predicted octanol–water partition coefficient (Wildman–Crippen LogP) is 5.21. The number of hydrogen-bond donors (Lipinski definition) is 0. The van der Waals surface area contributed by atoms with Gasteiger partial charge in [0.1, 0.15) is 0 Å². The highest BCUT2D eigenvalue weighted by Gasteiger charge is 2.16. The molecule has 0 aliphatic rings. The van der Waals surface area contributed by atoms with Crippen molar-refractivity contribution in [3.63, 3.8) is 0 Å². The van der Waals surface area contributed by atoms with Gasteiger partial charge in [0.2, 0.25) is 0 Å². The highest BCUT2D eigenvalue weighted by Crippen LogP contribution is 2.29. The fourth-order valence-corrected chi connectivity index (χ4v) is 2.71. The first kappa shape index (κ1) is 14.7. The van der Waals surface area contributed by atoms with E-state index in [2.05, 4.69) is 52.0 Å². The predicted molar refractivity (Wildman–Crippen MR) is 93.1 cm³/mol. The molecular formula is C20H22N2. The highest BCUT2D eigenvalue weighted by molar-refractivity contribution is 5.82. The summed E-state index contributed by atoms with van der Waals surface area (Å²) in [6, 6.07) is 14.8. The lowest BCUT2D eigenvalue weighted by molar-refractivity contribution is 0.590. The summed E-state index contributed by atoms with van der Waals surface area (Å²) in [5.41, 5.74) is 5.81. The molecule has 3 rings (SSSR count). The molecule has 2 nitrogen and oxygen atoms in total. The monoisotopic (exact) mass is 290 g/mol. The number of rotatable bonds is 1. The van der Waals surface area contributed by atoms with Gasteiger partial charge in [-0.15, -0.1) is 0 Å². The lowest BCUT2D eigenvalue weighted by Crippen LogP contribution is -2.11. The quantitative estimate of drug-likeness (QED) is 0.614. The average Bonchev–Trinajstić information content (AvgIpc) is 2.45. The minimum absolute atomic E-state index is 0.118. The smallest absolute Gasteiger partial charge is 0.160 e. The van der Waals surface area contributed by atoms with E-state index < -0.39 is 0 Å². The van der Waals surface area contributed by atoms with Gasteiger partial charge in [-0.2, -0.15) is 0 Å². The summed E-state index contributed by atoms with van der Waals surface area (Å²) in [6.45, 7) is 10.9. The summed E-state index contributed by atoms with van der Waals surface area (Å²) in [5.74, 6) is 0.811. The minimum atomic E-state index is 0.118. The van der Waals surface area contributed by atoms with E-state index in [0.717, 1.165) is 28.0 Å². The van der Waals surface area contributed by atoms with Gasteiger partial charge in [-0.3, -0.25) is 0 Å². The molecule has 0 fully saturated rings. The molecule has 0 aliphatic heterocycles. The van der Waals surface area contributed by atoms with Crippen LogP contribution in [0.15, 0.2) is 42.5 Å². The number of benzene rings is 2. The van der Waals surface area contributed by atoms with Crippen molar-refractivity contribution in [3.8, 4) is 11.4 Å². The van der Waals surface area contributed by atoms with Crippen LogP contribution < -0.4 is 0 Å². The van der Waals surface area contributed by atoms with E-state index in [1.165, 1.54) is 11.1 Å². The third-order valence-electron chi connectivity index (χ3n) is 4.00. The van der Waals surface area contributed by atoms with E-state index in [1.54, 1.807) is 0 Å². The molecule has 2 heteroatoms. The maximum atomic E-state index is 4.76. The molecule has 3 aromatic rings. The number of aryl methyl sites for hydroxylation is 2. The molecule has 22 heavy (non-hydrogen) atoms. The zero-order chi connectivity index (χ0) is 15.9. The first-order valence-electron chi connectivity index (χ1n) is 7.70. The topological polar surface area (TPSA) is 25.8 Å². The summed E-state index contributed by atoms with van der Waals surface area (Å²) in [5, 5.41) is 1.12. The number of nitrogens with zero attached hydrogens (tertiary/aromatic N) is 2. The third kappa shape index (κ3) is 2.74. The second kappa shape index (κ2) is 5.20. The van der Waals surface area contributed by atoms with E-state index >= 15 is 0 Å². The second-order valence-corrected chi connectivity index (χ2v) is 6.99. The Morgan fingerprint density at radius 1 is 0.864 bits per heavy atom. The van der Waals surface area contributed by atoms with Crippen LogP contribution in [0.5, 0.6) is 0 Å². The van der Waals surface area contributed by atoms with E-state index in [4.69, 9.17) is 9.97 Å². The molecule has 112 valence electrons. The molecule has 0 N–H and O–H groups in total. The Morgan fingerprint density at radius 2 is 1.59 bits per heavy atom. The van der Waals surface area contributed by atoms with Gasteiger partial charge in [-0.1, -0.05) is 50.6 Å². The fraction of sp³-hybridized carbons (Fsp3) is 0.300. The summed E-state index contributed by atoms with van der Waals surface area (Å²) in [4.78, 5) is 9.48. The van der Waals surface area contributed by atoms with Crippen molar-refractivity contribution in [1.82, 2.24) is 9.97 Å². The van der Waals surface area contributed by atoms with Crippen LogP contribution in [0.3, 0.4) is 0 Å². The average molecular weight is 290 g/mol. The SMILES string of the molecule is Cc1cc(-c2nc(C)c3ccccc3n2)cc(C(C)(C)C)c1. The third-order valence-corrected chi connectivity index (χ3v) is 4.00. The second-order valence-electron chi connectivity index (χ2n) is 6.99. The molecule has 0 amide bonds. The maximum Gasteiger partial charge on any atom is 0.160 e. The Kier molecular flexibility index (Phi) is 3.48. The van der Waals surface area contributed by atoms with Crippen molar-refractivity contribution in [3.05, 3.63) is 59.3 Å². The van der Waals surface area contributed by atoms with Crippen LogP contribution in [0.2, 0.25) is 0 Å². The normalized spacial score (nSPS) is 11.9. The summed E-state index contributed by atoms with van der Waals surface area (Å²) >= 11 is 0. The Bertz CT molecular complexity index is 842. The molecule has 0 saturated heterocycles. The molecule has 0 bridgehead atoms. The first-order valence-corrected chi connectivity index (χ1v) is 7.70. The standard InChI is InChI=1S/C20H22N2/c1-13-10-15(12-16(11-13)20(3,4)5)19-21-14(2)17-8-6-7-9-18(17)22-19/h6-12H,1-5H3. The molecule has 0 spiro atoms. The fourth-order valence-electron chi connectivity index (χ4n) is 2.71. The van der Waals surface area contributed by atoms with Gasteiger partial charge in [0.05, 0.1) is 5.52 Å². The molecule has 0 atom stereocenters. The summed E-state index contributed by atoms with van der Waals surface area (Å²) < 4.78 is 0. The van der Waals surface area contributed by atoms with Crippen molar-refractivity contribution < 1.29 is 0 Å². The lowest BCUT2D eigenvalue weighted by atomic mass is 9.85. The van der Waals surface area contributed by atoms with E-state index in [9.17, 15) is 0 Å². The van der Waals surface area contributed by atoms with Crippen LogP contribution in [-0.4, -0.2) is 9.97 Å². The van der Waals surface area contributed by atoms with Gasteiger partial charge in [0.15, 0.2) is 5.82 Å². The van der Waals surface area contributed by atoms with Crippen molar-refractivity contribution in [1.29, 1.82) is 0 Å². The van der Waals surface area contributed by atoms with Gasteiger partial charge in [0, 0.05) is 16.6 Å². The first-order chi connectivity index (χ1) is 10.3. The van der Waals surface area contributed by atoms with E-state index in [-0.39, 0.29) is 5.41 Å². The van der Waals surface area contributed by atoms with Gasteiger partial charge in [-0.05, 0) is 43.0 Å². The molecular weight excluding hydrogens is 268 g/mol. The Morgan fingerprint density at radius 3 is 2.32 bits per heavy atom. The van der Waals surface area contributed by atoms with Crippen molar-refractivity contribution >= 4 is 10.9 Å². The van der Waals surface area contributed by atoms with Gasteiger partial charge >= 0.3 is 0 Å². The van der Waals surface area contributed by atoms with Crippen LogP contribution in [0, 0.1) is 13.8 Å². The van der Waals surface area contributed by atoms with Crippen LogP contribution >= 0.6 is 0 Å². The summed E-state index contributed by atoms with van der Waals surface area (Å²) in [6.07, 6.45) is 0. The highest BCUT2D eigenvalue weighted by atomic mass is 14.9. The van der Waals surface area contributed by atoms with Crippen LogP contribution in [0.1, 0.15) is 37.6 Å². The van der Waals surface area contributed by atoms with Crippen molar-refractivity contribution in [2.45, 2.75) is 40.0 Å². The number of hydrogen-bond acceptors (Lipinski definition) is 2. The molecule has 0 unspecified atom stereocenters. The number of fused-ring (bicyclic) bond motifs is 1. The van der Waals surface area contributed by atoms with Crippen LogP contribution in [0.25, 0.3) is 22.3 Å². The van der Waals surface area contributed by atoms with Crippen molar-refractivity contribution in [2.75, 3.05) is 0 Å². The Balaban J connectivity index is 2.21. The van der Waals surface area contributed by atoms with Gasteiger partial charge < -0.3 is 0 Å². The van der Waals surface area contributed by atoms with E-state index in [1.807, 2.05) is 25.1 Å². The minimum Gasteiger partial charge on any atom is -0.233 e. The number of aromatic nitrogens is 2. The van der Waals surface area contributed by atoms with E-state index in [0.29, 0.717) is 0 Å². The van der Waals surface area contributed by atoms with Crippen LogP contribution in [0.4, 0.5) is 0 Å². The largest absolute Gasteiger partial charge is 0.233 e. The Labute approximate surface area is 132 Å².